The van der Waals surface area contributed by atoms with Crippen molar-refractivity contribution in [2.24, 2.45) is 0 Å². The molecular formula is C52H92NO8P. The molecule has 1 unspecified atom stereocenters. The second-order valence-corrected chi connectivity index (χ2v) is 18.9. The molecule has 0 bridgehead atoms. The van der Waals surface area contributed by atoms with Gasteiger partial charge in [0.1, 0.15) is 19.8 Å². The van der Waals surface area contributed by atoms with Crippen LogP contribution in [-0.4, -0.2) is 70.0 Å². The molecule has 0 spiro atoms. The molecule has 0 saturated heterocycles. The minimum atomic E-state index is -4.65. The Balaban J connectivity index is 4.43. The summed E-state index contributed by atoms with van der Waals surface area (Å²) in [7, 11) is 1.11. The van der Waals surface area contributed by atoms with Crippen molar-refractivity contribution in [1.29, 1.82) is 0 Å². The third-order valence-corrected chi connectivity index (χ3v) is 11.2. The van der Waals surface area contributed by atoms with E-state index in [1.54, 1.807) is 0 Å². The van der Waals surface area contributed by atoms with E-state index >= 15 is 0 Å². The monoisotopic (exact) mass is 890 g/mol. The molecule has 0 aliphatic heterocycles. The van der Waals surface area contributed by atoms with Gasteiger partial charge in [-0.2, -0.15) is 0 Å². The van der Waals surface area contributed by atoms with Crippen LogP contribution in [0.4, 0.5) is 0 Å². The molecule has 10 heteroatoms. The number of unbranched alkanes of at least 4 members (excludes halogenated alkanes) is 18. The smallest absolute Gasteiger partial charge is 0.306 e. The Morgan fingerprint density at radius 1 is 0.500 bits per heavy atom. The van der Waals surface area contributed by atoms with Crippen LogP contribution in [0.2, 0.25) is 0 Å². The van der Waals surface area contributed by atoms with Gasteiger partial charge in [0.15, 0.2) is 6.10 Å². The predicted octanol–water partition coefficient (Wildman–Crippen LogP) is 13.9. The molecule has 9 nitrogen and oxygen atoms in total. The summed E-state index contributed by atoms with van der Waals surface area (Å²) in [4.78, 5) is 37.6. The maximum Gasteiger partial charge on any atom is 0.306 e. The summed E-state index contributed by atoms with van der Waals surface area (Å²) in [6, 6.07) is 0. The molecule has 0 rings (SSSR count). The maximum absolute atomic E-state index is 12.7. The molecule has 0 radical (unpaired) electrons. The third-order valence-electron chi connectivity index (χ3n) is 10.2. The number of esters is 2. The van der Waals surface area contributed by atoms with Crippen LogP contribution in [-0.2, 0) is 32.7 Å². The second kappa shape index (κ2) is 43.7. The van der Waals surface area contributed by atoms with E-state index in [2.05, 4.69) is 74.6 Å². The van der Waals surface area contributed by atoms with Gasteiger partial charge in [-0.25, -0.2) is 0 Å². The van der Waals surface area contributed by atoms with Gasteiger partial charge < -0.3 is 27.9 Å². The number of hydrogen-bond donors (Lipinski definition) is 0. The fraction of sp³-hybridized carbons (Fsp3) is 0.731. The minimum absolute atomic E-state index is 0.0466. The summed E-state index contributed by atoms with van der Waals surface area (Å²) < 4.78 is 33.9. The van der Waals surface area contributed by atoms with Crippen LogP contribution >= 0.6 is 7.82 Å². The number of likely N-dealkylation sites (N-methyl/N-ethyl adjacent to an activating group) is 1. The molecule has 0 amide bonds. The molecule has 0 fully saturated rings. The van der Waals surface area contributed by atoms with E-state index < -0.39 is 32.5 Å². The number of hydrogen-bond acceptors (Lipinski definition) is 8. The molecule has 358 valence electrons. The number of allylic oxidation sites excluding steroid dienone is 12. The molecule has 0 aromatic carbocycles. The highest BCUT2D eigenvalue weighted by molar-refractivity contribution is 7.45. The molecule has 0 heterocycles. The predicted molar refractivity (Wildman–Crippen MR) is 259 cm³/mol. The number of phosphoric acid groups is 1. The number of nitrogens with zero attached hydrogens (tertiary/aromatic N) is 1. The summed E-state index contributed by atoms with van der Waals surface area (Å²) in [6.45, 7) is 4.13. The topological polar surface area (TPSA) is 111 Å². The first-order valence-corrected chi connectivity index (χ1v) is 26.1. The lowest BCUT2D eigenvalue weighted by Crippen LogP contribution is -2.37. The van der Waals surface area contributed by atoms with Crippen molar-refractivity contribution in [3.05, 3.63) is 72.9 Å². The minimum Gasteiger partial charge on any atom is -0.756 e. The van der Waals surface area contributed by atoms with Gasteiger partial charge in [0.25, 0.3) is 7.82 Å². The molecule has 62 heavy (non-hydrogen) atoms. The first-order valence-electron chi connectivity index (χ1n) is 24.6. The van der Waals surface area contributed by atoms with Gasteiger partial charge in [-0.15, -0.1) is 0 Å². The van der Waals surface area contributed by atoms with Gasteiger partial charge in [-0.05, 0) is 57.8 Å². The summed E-state index contributed by atoms with van der Waals surface area (Å²) >= 11 is 0. The number of carbonyl (C=O) groups excluding carboxylic acids is 2. The molecule has 0 aromatic rings. The van der Waals surface area contributed by atoms with E-state index in [-0.39, 0.29) is 26.1 Å². The van der Waals surface area contributed by atoms with Crippen molar-refractivity contribution < 1.29 is 42.1 Å². The summed E-state index contributed by atoms with van der Waals surface area (Å²) in [5.74, 6) is -0.931. The number of quaternary nitrogens is 1. The van der Waals surface area contributed by atoms with Crippen molar-refractivity contribution >= 4 is 19.8 Å². The zero-order chi connectivity index (χ0) is 45.7. The Morgan fingerprint density at radius 2 is 0.903 bits per heavy atom. The van der Waals surface area contributed by atoms with E-state index in [1.807, 2.05) is 33.3 Å². The van der Waals surface area contributed by atoms with Crippen LogP contribution in [0, 0.1) is 0 Å². The van der Waals surface area contributed by atoms with Crippen LogP contribution < -0.4 is 4.89 Å². The number of ether oxygens (including phenoxy) is 2. The summed E-state index contributed by atoms with van der Waals surface area (Å²) in [5, 5.41) is 0. The van der Waals surface area contributed by atoms with Gasteiger partial charge in [0.05, 0.1) is 27.7 Å². The largest absolute Gasteiger partial charge is 0.756 e. The molecule has 2 atom stereocenters. The van der Waals surface area contributed by atoms with E-state index in [0.717, 1.165) is 51.4 Å². The highest BCUT2D eigenvalue weighted by atomic mass is 31.2. The van der Waals surface area contributed by atoms with Crippen molar-refractivity contribution in [1.82, 2.24) is 0 Å². The van der Waals surface area contributed by atoms with Crippen LogP contribution in [0.15, 0.2) is 72.9 Å². The lowest BCUT2D eigenvalue weighted by atomic mass is 10.0. The average molecular weight is 890 g/mol. The molecule has 0 aliphatic rings. The molecular weight excluding hydrogens is 798 g/mol. The number of carbonyl (C=O) groups is 2. The van der Waals surface area contributed by atoms with Gasteiger partial charge >= 0.3 is 11.9 Å². The lowest BCUT2D eigenvalue weighted by Gasteiger charge is -2.28. The average Bonchev–Trinajstić information content (AvgIpc) is 3.23. The Kier molecular flexibility index (Phi) is 41.9. The van der Waals surface area contributed by atoms with E-state index in [1.165, 1.54) is 109 Å². The van der Waals surface area contributed by atoms with Crippen LogP contribution in [0.25, 0.3) is 0 Å². The molecule has 0 N–H and O–H groups in total. The van der Waals surface area contributed by atoms with Crippen molar-refractivity contribution in [3.8, 4) is 0 Å². The van der Waals surface area contributed by atoms with Crippen molar-refractivity contribution in [3.63, 3.8) is 0 Å². The maximum atomic E-state index is 12.7. The Labute approximate surface area is 380 Å². The van der Waals surface area contributed by atoms with Gasteiger partial charge in [-0.3, -0.25) is 14.2 Å². The second-order valence-electron chi connectivity index (χ2n) is 17.5. The first-order chi connectivity index (χ1) is 30.0. The van der Waals surface area contributed by atoms with Gasteiger partial charge in [-0.1, -0.05) is 196 Å². The van der Waals surface area contributed by atoms with E-state index in [0.29, 0.717) is 17.4 Å². The van der Waals surface area contributed by atoms with Gasteiger partial charge in [0, 0.05) is 12.8 Å². The highest BCUT2D eigenvalue weighted by Crippen LogP contribution is 2.38. The standard InChI is InChI=1S/C52H92NO8P/c1-6-8-10-12-14-16-18-20-22-23-24-25-26-27-28-29-31-33-35-37-39-41-43-45-52(55)61-50(49-60-62(56,57)59-47-46-53(3,4)5)48-58-51(54)44-42-40-38-36-34-32-30-21-19-17-15-13-11-9-7-2/h16,18,22-23,25-26,28-29,33,35,39,41,50H,6-15,17,19-21,24,27,30-32,34,36-38,40,42-49H2,1-5H3/b18-16-,23-22-,26-25-,29-28-,35-33-,41-39-/t50-/m1/s1. The number of rotatable bonds is 44. The Hall–Kier alpha value is -2.55. The summed E-state index contributed by atoms with van der Waals surface area (Å²) in [5.41, 5.74) is 0. The van der Waals surface area contributed by atoms with Crippen LogP contribution in [0.5, 0.6) is 0 Å². The normalized spacial score (nSPS) is 14.1. The SMILES string of the molecule is CCCCCC/C=C\C/C=C\C/C=C\C/C=C\C/C=C\C/C=C\CCC(=O)O[C@H](COC(=O)CCCCCCCCCCCCCCCCC)COP(=O)([O-])OCC[N+](C)(C)C. The highest BCUT2D eigenvalue weighted by Gasteiger charge is 2.21. The quantitative estimate of drug-likeness (QED) is 0.0195. The first kappa shape index (κ1) is 59.5. The zero-order valence-electron chi connectivity index (χ0n) is 40.3. The van der Waals surface area contributed by atoms with Crippen molar-refractivity contribution in [2.45, 2.75) is 200 Å². The van der Waals surface area contributed by atoms with E-state index in [9.17, 15) is 19.0 Å². The van der Waals surface area contributed by atoms with Crippen LogP contribution in [0.1, 0.15) is 194 Å². The fourth-order valence-electron chi connectivity index (χ4n) is 6.38. The molecule has 0 aliphatic carbocycles. The Morgan fingerprint density at radius 3 is 1.35 bits per heavy atom. The molecule has 0 aromatic heterocycles. The van der Waals surface area contributed by atoms with Crippen molar-refractivity contribution in [2.75, 3.05) is 47.5 Å². The van der Waals surface area contributed by atoms with Gasteiger partial charge in [0.2, 0.25) is 0 Å². The number of phosphoric ester groups is 1. The zero-order valence-corrected chi connectivity index (χ0v) is 41.2. The fourth-order valence-corrected chi connectivity index (χ4v) is 7.11. The molecule has 0 saturated carbocycles. The lowest BCUT2D eigenvalue weighted by molar-refractivity contribution is -0.870. The van der Waals surface area contributed by atoms with E-state index in [4.69, 9.17) is 18.5 Å². The summed E-state index contributed by atoms with van der Waals surface area (Å²) in [6.07, 6.45) is 55.2. The van der Waals surface area contributed by atoms with Crippen LogP contribution in [0.3, 0.4) is 0 Å². The third kappa shape index (κ3) is 46.9. The Bertz CT molecular complexity index is 1280.